The molecule has 1 heterocycles. The quantitative estimate of drug-likeness (QED) is 0.783. The van der Waals surface area contributed by atoms with Gasteiger partial charge in [-0.15, -0.1) is 0 Å². The fourth-order valence-corrected chi connectivity index (χ4v) is 3.15. The van der Waals surface area contributed by atoms with Crippen LogP contribution in [0, 0.1) is 5.82 Å². The van der Waals surface area contributed by atoms with Crippen molar-refractivity contribution in [2.24, 2.45) is 5.73 Å². The number of ether oxygens (including phenoxy) is 2. The number of nitrogens with two attached hydrogens (primary N) is 1. The first-order valence-corrected chi connectivity index (χ1v) is 8.90. The van der Waals surface area contributed by atoms with E-state index in [0.29, 0.717) is 48.9 Å². The lowest BCUT2D eigenvalue weighted by Crippen LogP contribution is -2.52. The predicted molar refractivity (Wildman–Crippen MR) is 101 cm³/mol. The van der Waals surface area contributed by atoms with Gasteiger partial charge in [-0.25, -0.2) is 4.39 Å². The highest BCUT2D eigenvalue weighted by Crippen LogP contribution is 2.31. The van der Waals surface area contributed by atoms with Crippen LogP contribution in [0.1, 0.15) is 22.0 Å². The van der Waals surface area contributed by atoms with Crippen LogP contribution >= 0.6 is 0 Å². The molecule has 0 unspecified atom stereocenters. The summed E-state index contributed by atoms with van der Waals surface area (Å²) >= 11 is 0. The highest BCUT2D eigenvalue weighted by atomic mass is 19.1. The maximum absolute atomic E-state index is 13.7. The summed E-state index contributed by atoms with van der Waals surface area (Å²) in [4.78, 5) is 27.0. The summed E-state index contributed by atoms with van der Waals surface area (Å²) in [6.07, 6.45) is 0. The first kappa shape index (κ1) is 19.6. The lowest BCUT2D eigenvalue weighted by atomic mass is 10.0. The van der Waals surface area contributed by atoms with Crippen LogP contribution < -0.4 is 20.5 Å². The summed E-state index contributed by atoms with van der Waals surface area (Å²) in [6, 6.07) is 9.58. The Morgan fingerprint density at radius 1 is 1.29 bits per heavy atom. The molecule has 3 rings (SSSR count). The van der Waals surface area contributed by atoms with E-state index in [9.17, 15) is 14.0 Å². The van der Waals surface area contributed by atoms with E-state index in [1.54, 1.807) is 24.3 Å². The fourth-order valence-electron chi connectivity index (χ4n) is 3.15. The van der Waals surface area contributed by atoms with Gasteiger partial charge in [0.2, 0.25) is 5.91 Å². The van der Waals surface area contributed by atoms with Gasteiger partial charge in [0.25, 0.3) is 5.91 Å². The second kappa shape index (κ2) is 8.71. The minimum absolute atomic E-state index is 0.305. The molecular formula is C20H22FN3O4. The Kier molecular flexibility index (Phi) is 6.10. The third-order valence-corrected chi connectivity index (χ3v) is 4.42. The van der Waals surface area contributed by atoms with E-state index in [2.05, 4.69) is 5.32 Å². The minimum atomic E-state index is -0.906. The summed E-state index contributed by atoms with van der Waals surface area (Å²) in [5.74, 6) is -0.301. The van der Waals surface area contributed by atoms with E-state index in [-0.39, 0.29) is 11.8 Å². The monoisotopic (exact) mass is 387 g/mol. The second-order valence-corrected chi connectivity index (χ2v) is 6.25. The van der Waals surface area contributed by atoms with Crippen LogP contribution in [0.2, 0.25) is 0 Å². The van der Waals surface area contributed by atoms with Gasteiger partial charge < -0.3 is 25.4 Å². The number of hydrogen-bond acceptors (Lipinski definition) is 5. The molecule has 28 heavy (non-hydrogen) atoms. The molecule has 7 nitrogen and oxygen atoms in total. The van der Waals surface area contributed by atoms with E-state index < -0.39 is 11.9 Å². The maximum Gasteiger partial charge on any atom is 0.255 e. The van der Waals surface area contributed by atoms with Crippen LogP contribution in [0.4, 0.5) is 4.39 Å². The number of piperazine rings is 1. The summed E-state index contributed by atoms with van der Waals surface area (Å²) in [6.45, 7) is 1.30. The zero-order valence-electron chi connectivity index (χ0n) is 15.5. The molecule has 2 aromatic carbocycles. The van der Waals surface area contributed by atoms with Crippen molar-refractivity contribution in [2.45, 2.75) is 6.04 Å². The van der Waals surface area contributed by atoms with Crippen LogP contribution in [0.3, 0.4) is 0 Å². The molecule has 8 heteroatoms. The standard InChI is InChI=1S/C20H22FN3O4/c1-27-17-12-14(5-6-16(17)28-10-7-22)20(26)24-9-8-23-19(25)18(24)13-3-2-4-15(21)11-13/h2-6,11-12,18H,7-10,22H2,1H3,(H,23,25)/t18-/m1/s1. The molecule has 1 atom stereocenters. The zero-order valence-corrected chi connectivity index (χ0v) is 15.5. The predicted octanol–water partition coefficient (Wildman–Crippen LogP) is 1.49. The number of nitrogens with one attached hydrogen (secondary N) is 1. The molecule has 0 spiro atoms. The van der Waals surface area contributed by atoms with Gasteiger partial charge in [-0.1, -0.05) is 12.1 Å². The first-order valence-electron chi connectivity index (χ1n) is 8.90. The molecule has 0 bridgehead atoms. The van der Waals surface area contributed by atoms with E-state index >= 15 is 0 Å². The number of benzene rings is 2. The summed E-state index contributed by atoms with van der Waals surface area (Å²) in [5.41, 5.74) is 6.20. The van der Waals surface area contributed by atoms with Crippen molar-refractivity contribution < 1.29 is 23.5 Å². The lowest BCUT2D eigenvalue weighted by Gasteiger charge is -2.35. The van der Waals surface area contributed by atoms with Crippen molar-refractivity contribution in [3.8, 4) is 11.5 Å². The molecule has 1 aliphatic heterocycles. The van der Waals surface area contributed by atoms with Gasteiger partial charge in [0.05, 0.1) is 7.11 Å². The maximum atomic E-state index is 13.7. The average Bonchev–Trinajstić information content (AvgIpc) is 2.71. The van der Waals surface area contributed by atoms with Gasteiger partial charge in [-0.05, 0) is 35.9 Å². The molecule has 1 fully saturated rings. The molecule has 1 aliphatic rings. The molecule has 0 saturated carbocycles. The number of carbonyl (C=O) groups is 2. The molecule has 2 aromatic rings. The fraction of sp³-hybridized carbons (Fsp3) is 0.300. The van der Waals surface area contributed by atoms with Crippen molar-refractivity contribution in [2.75, 3.05) is 33.4 Å². The zero-order chi connectivity index (χ0) is 20.1. The van der Waals surface area contributed by atoms with Gasteiger partial charge in [-0.3, -0.25) is 9.59 Å². The Morgan fingerprint density at radius 3 is 2.82 bits per heavy atom. The topological polar surface area (TPSA) is 93.9 Å². The SMILES string of the molecule is COc1cc(C(=O)N2CCNC(=O)[C@H]2c2cccc(F)c2)ccc1OCCN. The Morgan fingerprint density at radius 2 is 2.11 bits per heavy atom. The Labute approximate surface area is 162 Å². The van der Waals surface area contributed by atoms with Crippen LogP contribution in [0.25, 0.3) is 0 Å². The Hall–Kier alpha value is -3.13. The largest absolute Gasteiger partial charge is 0.493 e. The molecule has 0 aliphatic carbocycles. The van der Waals surface area contributed by atoms with Gasteiger partial charge in [0, 0.05) is 25.2 Å². The molecule has 0 aromatic heterocycles. The molecule has 148 valence electrons. The van der Waals surface area contributed by atoms with Crippen molar-refractivity contribution in [1.29, 1.82) is 0 Å². The number of amides is 2. The van der Waals surface area contributed by atoms with Crippen molar-refractivity contribution >= 4 is 11.8 Å². The van der Waals surface area contributed by atoms with Crippen LogP contribution in [0.15, 0.2) is 42.5 Å². The van der Waals surface area contributed by atoms with Gasteiger partial charge in [-0.2, -0.15) is 0 Å². The van der Waals surface area contributed by atoms with E-state index in [1.807, 2.05) is 0 Å². The number of halogens is 1. The highest BCUT2D eigenvalue weighted by Gasteiger charge is 2.35. The van der Waals surface area contributed by atoms with Gasteiger partial charge in [0.1, 0.15) is 18.5 Å². The lowest BCUT2D eigenvalue weighted by molar-refractivity contribution is -0.128. The molecular weight excluding hydrogens is 365 g/mol. The number of rotatable bonds is 6. The van der Waals surface area contributed by atoms with Crippen molar-refractivity contribution in [3.63, 3.8) is 0 Å². The number of nitrogens with zero attached hydrogens (tertiary/aromatic N) is 1. The molecule has 3 N–H and O–H groups in total. The Balaban J connectivity index is 1.91. The third-order valence-electron chi connectivity index (χ3n) is 4.42. The van der Waals surface area contributed by atoms with Crippen LogP contribution in [-0.4, -0.2) is 50.1 Å². The molecule has 1 saturated heterocycles. The first-order chi connectivity index (χ1) is 13.5. The summed E-state index contributed by atoms with van der Waals surface area (Å²) in [5, 5.41) is 2.73. The smallest absolute Gasteiger partial charge is 0.255 e. The molecule has 2 amide bonds. The number of carbonyl (C=O) groups excluding carboxylic acids is 2. The normalized spacial score (nSPS) is 16.5. The van der Waals surface area contributed by atoms with Crippen molar-refractivity contribution in [3.05, 3.63) is 59.4 Å². The molecule has 0 radical (unpaired) electrons. The van der Waals surface area contributed by atoms with Crippen LogP contribution in [-0.2, 0) is 4.79 Å². The number of hydrogen-bond donors (Lipinski definition) is 2. The van der Waals surface area contributed by atoms with Gasteiger partial charge in [0.15, 0.2) is 11.5 Å². The summed E-state index contributed by atoms with van der Waals surface area (Å²) < 4.78 is 24.5. The highest BCUT2D eigenvalue weighted by molar-refractivity contribution is 5.99. The van der Waals surface area contributed by atoms with Crippen molar-refractivity contribution in [1.82, 2.24) is 10.2 Å². The average molecular weight is 387 g/mol. The van der Waals surface area contributed by atoms with E-state index in [0.717, 1.165) is 0 Å². The van der Waals surface area contributed by atoms with Crippen LogP contribution in [0.5, 0.6) is 11.5 Å². The third kappa shape index (κ3) is 4.07. The summed E-state index contributed by atoms with van der Waals surface area (Å²) in [7, 11) is 1.47. The second-order valence-electron chi connectivity index (χ2n) is 6.25. The Bertz CT molecular complexity index is 874. The number of methoxy groups -OCH3 is 1. The van der Waals surface area contributed by atoms with Gasteiger partial charge >= 0.3 is 0 Å². The van der Waals surface area contributed by atoms with E-state index in [4.69, 9.17) is 15.2 Å². The van der Waals surface area contributed by atoms with E-state index in [1.165, 1.54) is 30.2 Å². The minimum Gasteiger partial charge on any atom is -0.493 e.